The summed E-state index contributed by atoms with van der Waals surface area (Å²) in [6.07, 6.45) is 1.66. The Bertz CT molecular complexity index is 927. The van der Waals surface area contributed by atoms with Crippen LogP contribution in [-0.4, -0.2) is 35.5 Å². The number of benzene rings is 2. The van der Waals surface area contributed by atoms with Crippen LogP contribution in [0.3, 0.4) is 0 Å². The van der Waals surface area contributed by atoms with Crippen LogP contribution in [0.4, 0.5) is 5.69 Å². The summed E-state index contributed by atoms with van der Waals surface area (Å²) < 4.78 is 4.73. The maximum Gasteiger partial charge on any atom is 0.325 e. The number of amides is 1. The molecule has 3 rings (SSSR count). The van der Waals surface area contributed by atoms with E-state index in [2.05, 4.69) is 0 Å². The van der Waals surface area contributed by atoms with E-state index in [0.29, 0.717) is 15.7 Å². The Hall–Kier alpha value is -2.41. The van der Waals surface area contributed by atoms with Crippen LogP contribution in [0.1, 0.15) is 5.56 Å². The molecule has 2 aromatic rings. The van der Waals surface area contributed by atoms with Crippen LogP contribution in [0.15, 0.2) is 54.2 Å². The lowest BCUT2D eigenvalue weighted by molar-refractivity contribution is -0.140. The summed E-state index contributed by atoms with van der Waals surface area (Å²) in [5.41, 5.74) is 1.57. The second kappa shape index (κ2) is 8.08. The molecule has 0 N–H and O–H groups in total. The minimum absolute atomic E-state index is 0.176. The second-order valence-corrected chi connectivity index (χ2v) is 6.88. The number of nitrogens with zero attached hydrogens (tertiary/aromatic N) is 2. The molecule has 1 amide bonds. The van der Waals surface area contributed by atoms with Gasteiger partial charge in [0.15, 0.2) is 5.11 Å². The molecule has 0 bridgehead atoms. The van der Waals surface area contributed by atoms with Crippen LogP contribution in [-0.2, 0) is 14.3 Å². The van der Waals surface area contributed by atoms with Crippen molar-refractivity contribution in [1.82, 2.24) is 4.90 Å². The number of rotatable bonds is 4. The molecule has 2 aromatic carbocycles. The van der Waals surface area contributed by atoms with Crippen molar-refractivity contribution in [1.29, 1.82) is 0 Å². The standard InChI is InChI=1S/C19H14Cl2N2O3S/c1-26-17(24)11-22-16(10-12-2-4-13(20)5-3-12)18(25)23(19(22)27)15-8-6-14(21)7-9-15/h2-10H,11H2,1H3/b16-10-. The number of esters is 1. The molecule has 0 unspecified atom stereocenters. The smallest absolute Gasteiger partial charge is 0.325 e. The highest BCUT2D eigenvalue weighted by Gasteiger charge is 2.40. The van der Waals surface area contributed by atoms with Gasteiger partial charge in [-0.05, 0) is 60.3 Å². The van der Waals surface area contributed by atoms with E-state index in [0.717, 1.165) is 5.56 Å². The van der Waals surface area contributed by atoms with Gasteiger partial charge in [0, 0.05) is 10.0 Å². The van der Waals surface area contributed by atoms with Crippen LogP contribution in [0.25, 0.3) is 6.08 Å². The fourth-order valence-electron chi connectivity index (χ4n) is 2.56. The second-order valence-electron chi connectivity index (χ2n) is 5.64. The highest BCUT2D eigenvalue weighted by Crippen LogP contribution is 2.30. The summed E-state index contributed by atoms with van der Waals surface area (Å²) >= 11 is 17.3. The third-order valence-electron chi connectivity index (χ3n) is 3.91. The zero-order valence-electron chi connectivity index (χ0n) is 14.2. The molecule has 0 aromatic heterocycles. The van der Waals surface area contributed by atoms with Gasteiger partial charge >= 0.3 is 5.97 Å². The van der Waals surface area contributed by atoms with Gasteiger partial charge in [-0.1, -0.05) is 35.3 Å². The van der Waals surface area contributed by atoms with E-state index in [9.17, 15) is 9.59 Å². The largest absolute Gasteiger partial charge is 0.468 e. The first kappa shape index (κ1) is 19.4. The Morgan fingerprint density at radius 2 is 1.63 bits per heavy atom. The number of carbonyl (C=O) groups is 2. The van der Waals surface area contributed by atoms with E-state index in [1.54, 1.807) is 54.6 Å². The number of hydrogen-bond donors (Lipinski definition) is 0. The Kier molecular flexibility index (Phi) is 5.79. The van der Waals surface area contributed by atoms with Crippen molar-refractivity contribution in [3.05, 3.63) is 69.8 Å². The minimum Gasteiger partial charge on any atom is -0.468 e. The summed E-state index contributed by atoms with van der Waals surface area (Å²) in [6, 6.07) is 13.7. The number of ether oxygens (including phenoxy) is 1. The quantitative estimate of drug-likeness (QED) is 0.422. The van der Waals surface area contributed by atoms with Gasteiger partial charge in [0.05, 0.1) is 12.8 Å². The average Bonchev–Trinajstić information content (AvgIpc) is 2.88. The first-order chi connectivity index (χ1) is 12.9. The number of hydrogen-bond acceptors (Lipinski definition) is 4. The lowest BCUT2D eigenvalue weighted by Crippen LogP contribution is -2.35. The summed E-state index contributed by atoms with van der Waals surface area (Å²) in [5, 5.41) is 1.31. The zero-order chi connectivity index (χ0) is 19.6. The van der Waals surface area contributed by atoms with Crippen LogP contribution >= 0.6 is 35.4 Å². The Morgan fingerprint density at radius 3 is 2.19 bits per heavy atom. The van der Waals surface area contributed by atoms with Gasteiger partial charge in [0.2, 0.25) is 0 Å². The zero-order valence-corrected chi connectivity index (χ0v) is 16.5. The molecular weight excluding hydrogens is 407 g/mol. The van der Waals surface area contributed by atoms with E-state index >= 15 is 0 Å². The molecule has 8 heteroatoms. The maximum atomic E-state index is 13.1. The molecule has 1 fully saturated rings. The number of halogens is 2. The number of carbonyl (C=O) groups excluding carboxylic acids is 2. The number of anilines is 1. The molecule has 5 nitrogen and oxygen atoms in total. The third-order valence-corrected chi connectivity index (χ3v) is 4.82. The van der Waals surface area contributed by atoms with Gasteiger partial charge in [-0.2, -0.15) is 0 Å². The van der Waals surface area contributed by atoms with Crippen LogP contribution in [0, 0.1) is 0 Å². The summed E-state index contributed by atoms with van der Waals surface area (Å²) in [7, 11) is 1.28. The first-order valence-corrected chi connectivity index (χ1v) is 9.02. The average molecular weight is 421 g/mol. The lowest BCUT2D eigenvalue weighted by Gasteiger charge is -2.19. The van der Waals surface area contributed by atoms with Crippen molar-refractivity contribution >= 4 is 64.2 Å². The van der Waals surface area contributed by atoms with E-state index in [1.165, 1.54) is 16.9 Å². The fourth-order valence-corrected chi connectivity index (χ4v) is 3.16. The Balaban J connectivity index is 2.03. The first-order valence-electron chi connectivity index (χ1n) is 7.86. The van der Waals surface area contributed by atoms with Gasteiger partial charge in [-0.15, -0.1) is 0 Å². The molecule has 0 saturated carbocycles. The van der Waals surface area contributed by atoms with Gasteiger partial charge in [0.25, 0.3) is 5.91 Å². The normalized spacial score (nSPS) is 15.6. The van der Waals surface area contributed by atoms with Crippen molar-refractivity contribution < 1.29 is 14.3 Å². The van der Waals surface area contributed by atoms with Crippen molar-refractivity contribution in [3.8, 4) is 0 Å². The van der Waals surface area contributed by atoms with Gasteiger partial charge < -0.3 is 9.64 Å². The van der Waals surface area contributed by atoms with E-state index in [-0.39, 0.29) is 23.3 Å². The topological polar surface area (TPSA) is 49.9 Å². The molecule has 0 aliphatic carbocycles. The summed E-state index contributed by atoms with van der Waals surface area (Å²) in [4.78, 5) is 27.7. The molecule has 0 atom stereocenters. The molecule has 1 heterocycles. The maximum absolute atomic E-state index is 13.1. The predicted octanol–water partition coefficient (Wildman–Crippen LogP) is 4.14. The van der Waals surface area contributed by atoms with Crippen molar-refractivity contribution in [2.24, 2.45) is 0 Å². The monoisotopic (exact) mass is 420 g/mol. The third kappa shape index (κ3) is 4.13. The molecule has 27 heavy (non-hydrogen) atoms. The number of methoxy groups -OCH3 is 1. The van der Waals surface area contributed by atoms with Crippen LogP contribution < -0.4 is 4.90 Å². The van der Waals surface area contributed by atoms with Crippen molar-refractivity contribution in [2.75, 3.05) is 18.6 Å². The molecule has 1 saturated heterocycles. The van der Waals surface area contributed by atoms with E-state index < -0.39 is 5.97 Å². The molecule has 138 valence electrons. The highest BCUT2D eigenvalue weighted by molar-refractivity contribution is 7.80. The van der Waals surface area contributed by atoms with Gasteiger partial charge in [-0.25, -0.2) is 0 Å². The van der Waals surface area contributed by atoms with Crippen LogP contribution in [0.5, 0.6) is 0 Å². The fraction of sp³-hybridized carbons (Fsp3) is 0.105. The van der Waals surface area contributed by atoms with Crippen LogP contribution in [0.2, 0.25) is 10.0 Å². The molecule has 0 spiro atoms. The van der Waals surface area contributed by atoms with Gasteiger partial charge in [-0.3, -0.25) is 14.5 Å². The Labute approximate surface area is 171 Å². The number of thiocarbonyl (C=S) groups is 1. The predicted molar refractivity (Wildman–Crippen MR) is 110 cm³/mol. The molecule has 0 radical (unpaired) electrons. The molecule has 1 aliphatic heterocycles. The lowest BCUT2D eigenvalue weighted by atomic mass is 10.2. The highest BCUT2D eigenvalue weighted by atomic mass is 35.5. The Morgan fingerprint density at radius 1 is 1.07 bits per heavy atom. The van der Waals surface area contributed by atoms with E-state index in [1.807, 2.05) is 0 Å². The van der Waals surface area contributed by atoms with Crippen molar-refractivity contribution in [2.45, 2.75) is 0 Å². The summed E-state index contributed by atoms with van der Waals surface area (Å²) in [6.45, 7) is -0.176. The SMILES string of the molecule is COC(=O)CN1C(=S)N(c2ccc(Cl)cc2)C(=O)/C1=C/c1ccc(Cl)cc1. The molecular formula is C19H14Cl2N2O3S. The van der Waals surface area contributed by atoms with E-state index in [4.69, 9.17) is 40.2 Å². The van der Waals surface area contributed by atoms with Crippen molar-refractivity contribution in [3.63, 3.8) is 0 Å². The molecule has 1 aliphatic rings. The summed E-state index contributed by atoms with van der Waals surface area (Å²) in [5.74, 6) is -0.855. The van der Waals surface area contributed by atoms with Gasteiger partial charge in [0.1, 0.15) is 12.2 Å². The minimum atomic E-state index is -0.509.